The van der Waals surface area contributed by atoms with Crippen LogP contribution in [-0.4, -0.2) is 77.9 Å². The van der Waals surface area contributed by atoms with Crippen LogP contribution >= 0.6 is 18.9 Å². The van der Waals surface area contributed by atoms with Gasteiger partial charge in [0.25, 0.3) is 5.91 Å². The molecule has 0 radical (unpaired) electrons. The van der Waals surface area contributed by atoms with Crippen molar-refractivity contribution in [2.75, 3.05) is 26.2 Å². The second-order valence-corrected chi connectivity index (χ2v) is 19.4. The van der Waals surface area contributed by atoms with E-state index in [-0.39, 0.29) is 54.1 Å². The summed E-state index contributed by atoms with van der Waals surface area (Å²) in [5.74, 6) is -2.98. The van der Waals surface area contributed by atoms with Crippen molar-refractivity contribution in [1.82, 2.24) is 20.2 Å². The minimum absolute atomic E-state index is 0.0118. The summed E-state index contributed by atoms with van der Waals surface area (Å²) >= 11 is 1.23. The number of ether oxygens (including phenoxy) is 1. The molecule has 1 aromatic heterocycles. The molecule has 0 spiro atoms. The Labute approximate surface area is 349 Å². The van der Waals surface area contributed by atoms with Crippen molar-refractivity contribution in [3.63, 3.8) is 0 Å². The predicted molar refractivity (Wildman–Crippen MR) is 227 cm³/mol. The Morgan fingerprint density at radius 3 is 2.42 bits per heavy atom. The average molecular weight is 845 g/mol. The first-order valence-electron chi connectivity index (χ1n) is 20.9. The molecule has 0 aliphatic carbocycles. The summed E-state index contributed by atoms with van der Waals surface area (Å²) in [4.78, 5) is 58.8. The molecular weight excluding hydrogens is 791 g/mol. The lowest BCUT2D eigenvalue weighted by Crippen LogP contribution is -2.53. The maximum absolute atomic E-state index is 16.5. The van der Waals surface area contributed by atoms with Crippen molar-refractivity contribution in [3.05, 3.63) is 101 Å². The summed E-state index contributed by atoms with van der Waals surface area (Å²) < 4.78 is 42.4. The van der Waals surface area contributed by atoms with E-state index in [0.717, 1.165) is 25.7 Å². The zero-order valence-electron chi connectivity index (χ0n) is 33.9. The fourth-order valence-electron chi connectivity index (χ4n) is 8.78. The number of para-hydroxylation sites is 1. The van der Waals surface area contributed by atoms with Crippen LogP contribution < -0.4 is 14.9 Å². The van der Waals surface area contributed by atoms with Gasteiger partial charge < -0.3 is 24.4 Å². The van der Waals surface area contributed by atoms with Crippen LogP contribution in [0.1, 0.15) is 98.3 Å². The summed E-state index contributed by atoms with van der Waals surface area (Å²) in [7, 11) is -4.42. The fraction of sp³-hybridized carbons (Fsp3) is 0.467. The van der Waals surface area contributed by atoms with Gasteiger partial charge in [0.05, 0.1) is 17.4 Å². The van der Waals surface area contributed by atoms with Gasteiger partial charge in [-0.2, -0.15) is 0 Å². The number of carbonyl (C=O) groups is 4. The molecule has 3 amide bonds. The summed E-state index contributed by atoms with van der Waals surface area (Å²) in [5, 5.41) is 6.15. The number of fused-ring (bicyclic) bond motifs is 2. The summed E-state index contributed by atoms with van der Waals surface area (Å²) in [5.41, 5.74) is 1.28. The van der Waals surface area contributed by atoms with Gasteiger partial charge >= 0.3 is 13.5 Å². The molecule has 3 aliphatic heterocycles. The van der Waals surface area contributed by atoms with E-state index in [1.54, 1.807) is 42.5 Å². The van der Waals surface area contributed by atoms with E-state index in [1.165, 1.54) is 36.0 Å². The van der Waals surface area contributed by atoms with Crippen LogP contribution in [-0.2, 0) is 23.7 Å². The molecule has 0 saturated carbocycles. The average Bonchev–Trinajstić information content (AvgIpc) is 3.98. The number of nitrogens with one attached hydrogen (secondary N) is 2. The Kier molecular flexibility index (Phi) is 13.5. The number of likely N-dealkylation sites (tertiary alicyclic amines) is 1. The molecule has 4 aromatic rings. The van der Waals surface area contributed by atoms with Crippen LogP contribution in [0.2, 0.25) is 0 Å². The molecular formula is C45H54FN4O7PS. The fourth-order valence-corrected chi connectivity index (χ4v) is 11.6. The number of hydrogen-bond acceptors (Lipinski definition) is 8. The van der Waals surface area contributed by atoms with Gasteiger partial charge in [-0.05, 0) is 91.8 Å². The van der Waals surface area contributed by atoms with E-state index >= 15 is 4.39 Å². The Balaban J connectivity index is 1.02. The van der Waals surface area contributed by atoms with Gasteiger partial charge in [-0.3, -0.25) is 23.7 Å². The van der Waals surface area contributed by atoms with E-state index in [1.807, 2.05) is 34.9 Å². The molecule has 314 valence electrons. The summed E-state index contributed by atoms with van der Waals surface area (Å²) in [6.07, 6.45) is 5.33. The Bertz CT molecular complexity index is 2170. The van der Waals surface area contributed by atoms with Gasteiger partial charge in [-0.1, -0.05) is 81.3 Å². The first-order valence-corrected chi connectivity index (χ1v) is 23.4. The molecule has 8 atom stereocenters. The number of halogens is 1. The number of thiophene rings is 1. The Hall–Kier alpha value is -4.58. The molecule has 11 nitrogen and oxygen atoms in total. The number of rotatable bonds is 14. The number of amides is 3. The second-order valence-electron chi connectivity index (χ2n) is 16.2. The highest BCUT2D eigenvalue weighted by Crippen LogP contribution is 2.58. The van der Waals surface area contributed by atoms with Gasteiger partial charge in [0.1, 0.15) is 17.8 Å². The molecule has 0 bridgehead atoms. The molecule has 14 heteroatoms. The topological polar surface area (TPSA) is 134 Å². The predicted octanol–water partition coefficient (Wildman–Crippen LogP) is 8.61. The quantitative estimate of drug-likeness (QED) is 0.0953. The van der Waals surface area contributed by atoms with Gasteiger partial charge in [0.15, 0.2) is 0 Å². The molecule has 2 N–H and O–H groups in total. The lowest BCUT2D eigenvalue weighted by molar-refractivity contribution is -0.148. The third-order valence-electron chi connectivity index (χ3n) is 11.9. The van der Waals surface area contributed by atoms with Crippen LogP contribution in [0.25, 0.3) is 10.1 Å². The lowest BCUT2D eigenvalue weighted by Gasteiger charge is -2.36. The van der Waals surface area contributed by atoms with Gasteiger partial charge in [0.2, 0.25) is 17.7 Å². The molecule has 3 saturated heterocycles. The second kappa shape index (κ2) is 18.8. The molecule has 3 fully saturated rings. The highest BCUT2D eigenvalue weighted by atomic mass is 32.1. The third kappa shape index (κ3) is 9.58. The van der Waals surface area contributed by atoms with Gasteiger partial charge in [-0.15, -0.1) is 11.3 Å². The van der Waals surface area contributed by atoms with E-state index < -0.39 is 37.4 Å². The smallest absolute Gasteiger partial charge is 0.355 e. The number of alkyl halides is 1. The summed E-state index contributed by atoms with van der Waals surface area (Å²) in [6, 6.07) is 23.2. The first-order chi connectivity index (χ1) is 28.5. The van der Waals surface area contributed by atoms with Crippen molar-refractivity contribution in [1.29, 1.82) is 0 Å². The van der Waals surface area contributed by atoms with Crippen LogP contribution in [0, 0.1) is 11.8 Å². The zero-order valence-corrected chi connectivity index (χ0v) is 35.6. The molecule has 3 aliphatic rings. The van der Waals surface area contributed by atoms with Crippen molar-refractivity contribution >= 4 is 52.6 Å². The van der Waals surface area contributed by atoms with Crippen LogP contribution in [0.15, 0.2) is 84.9 Å². The van der Waals surface area contributed by atoms with E-state index in [4.69, 9.17) is 9.26 Å². The number of benzene rings is 3. The minimum atomic E-state index is -4.42. The summed E-state index contributed by atoms with van der Waals surface area (Å²) in [6.45, 7) is 7.09. The molecule has 7 rings (SSSR count). The SMILES string of the molecule is CCCOC(=O)[C@H](C)NP(=O)(Oc1ccccc1)[C@H](F)c1ccc2sc(C(=O)NCC3CCCC[C@H]4CC[C@@H](C(=O)N5C[C@H](c6ccccc6)[C@@H](C)C5)N4C3=O)cc2c1. The Morgan fingerprint density at radius 2 is 1.68 bits per heavy atom. The van der Waals surface area contributed by atoms with Crippen molar-refractivity contribution in [3.8, 4) is 5.75 Å². The van der Waals surface area contributed by atoms with Gasteiger partial charge in [-0.25, -0.2) is 9.48 Å². The van der Waals surface area contributed by atoms with Crippen molar-refractivity contribution < 1.29 is 37.4 Å². The lowest BCUT2D eigenvalue weighted by atomic mass is 9.90. The van der Waals surface area contributed by atoms with Crippen LogP contribution in [0.5, 0.6) is 5.75 Å². The molecule has 3 aromatic carbocycles. The molecule has 2 unspecified atom stereocenters. The largest absolute Gasteiger partial charge is 0.465 e. The third-order valence-corrected chi connectivity index (χ3v) is 15.1. The van der Waals surface area contributed by atoms with Crippen LogP contribution in [0.3, 0.4) is 0 Å². The maximum atomic E-state index is 16.5. The zero-order chi connectivity index (χ0) is 41.7. The monoisotopic (exact) mass is 844 g/mol. The maximum Gasteiger partial charge on any atom is 0.355 e. The van der Waals surface area contributed by atoms with E-state index in [2.05, 4.69) is 29.5 Å². The number of carbonyl (C=O) groups excluding carboxylic acids is 4. The Morgan fingerprint density at radius 1 is 0.949 bits per heavy atom. The number of nitrogens with zero attached hydrogens (tertiary/aromatic N) is 2. The highest BCUT2D eigenvalue weighted by Gasteiger charge is 2.47. The standard InChI is InChI=1S/C45H54FN4O7PS/c1-4-23-56-45(54)30(3)48-58(55,57-36-17-9-6-10-18-36)41(46)32-19-22-39-34(24-32)25-40(59-39)42(51)47-26-33-15-11-12-16-35-20-21-38(50(35)43(33)52)44(53)49-27-29(2)37(28-49)31-13-7-5-8-14-31/h5-10,13-14,17-19,22,24-25,29-30,33,35,37-38,41H,4,11-12,15-16,20-21,23,26-28H2,1-3H3,(H,47,51)(H,48,55)/t29-,30-,33?,35-,37-,38-,41-,58?/m0/s1. The molecule has 59 heavy (non-hydrogen) atoms. The normalized spacial score (nSPS) is 24.1. The van der Waals surface area contributed by atoms with Crippen molar-refractivity contribution in [2.45, 2.75) is 95.7 Å². The van der Waals surface area contributed by atoms with E-state index in [0.29, 0.717) is 53.2 Å². The first kappa shape index (κ1) is 42.5. The highest BCUT2D eigenvalue weighted by molar-refractivity contribution is 7.57. The number of esters is 1. The van der Waals surface area contributed by atoms with E-state index in [9.17, 15) is 23.7 Å². The molecule has 4 heterocycles. The van der Waals surface area contributed by atoms with Crippen molar-refractivity contribution in [2.24, 2.45) is 11.8 Å². The minimum Gasteiger partial charge on any atom is -0.465 e. The van der Waals surface area contributed by atoms with Gasteiger partial charge in [0, 0.05) is 36.3 Å². The number of hydrogen-bond donors (Lipinski definition) is 2. The van der Waals surface area contributed by atoms with Crippen LogP contribution in [0.4, 0.5) is 4.39 Å².